The number of aliphatic imine (C=N–C) groups is 1. The van der Waals surface area contributed by atoms with Gasteiger partial charge in [-0.2, -0.15) is 0 Å². The van der Waals surface area contributed by atoms with Crippen LogP contribution in [0.1, 0.15) is 12.5 Å². The Bertz CT molecular complexity index is 992. The van der Waals surface area contributed by atoms with Gasteiger partial charge in [-0.15, -0.1) is 0 Å². The number of hydrogen-bond donors (Lipinski definition) is 1. The van der Waals surface area contributed by atoms with Gasteiger partial charge in [0.1, 0.15) is 11.6 Å². The zero-order valence-electron chi connectivity index (χ0n) is 15.3. The van der Waals surface area contributed by atoms with E-state index in [1.807, 2.05) is 0 Å². The van der Waals surface area contributed by atoms with Gasteiger partial charge in [0.05, 0.1) is 17.2 Å². The number of benzene rings is 2. The lowest BCUT2D eigenvalue weighted by molar-refractivity contribution is -0.145. The van der Waals surface area contributed by atoms with Gasteiger partial charge in [0, 0.05) is 10.0 Å². The first-order chi connectivity index (χ1) is 13.9. The highest BCUT2D eigenvalue weighted by molar-refractivity contribution is 9.10. The molecule has 6 nitrogen and oxygen atoms in total. The highest BCUT2D eigenvalue weighted by atomic mass is 79.9. The van der Waals surface area contributed by atoms with E-state index < -0.39 is 5.97 Å². The number of halogens is 2. The van der Waals surface area contributed by atoms with Crippen molar-refractivity contribution in [2.24, 2.45) is 4.99 Å². The number of nitrogens with zero attached hydrogens (tertiary/aromatic N) is 1. The lowest BCUT2D eigenvalue weighted by Gasteiger charge is -2.09. The fraction of sp³-hybridized carbons (Fsp3) is 0.150. The third-order valence-electron chi connectivity index (χ3n) is 3.62. The van der Waals surface area contributed by atoms with E-state index in [1.54, 1.807) is 31.2 Å². The molecule has 1 saturated heterocycles. The van der Waals surface area contributed by atoms with Crippen LogP contribution in [0.15, 0.2) is 56.8 Å². The fourth-order valence-corrected chi connectivity index (χ4v) is 3.57. The summed E-state index contributed by atoms with van der Waals surface area (Å²) in [5, 5.41) is 3.06. The summed E-state index contributed by atoms with van der Waals surface area (Å²) in [6.07, 6.45) is 1.65. The standard InChI is InChI=1S/C20H16BrFN2O4S/c1-2-27-18(25)11-28-16-8-3-13(21)9-12(16)10-17-19(26)24-20(29-17)23-15-6-4-14(22)5-7-15/h3-10H,2,11H2,1H3,(H,23,24,26). The maximum Gasteiger partial charge on any atom is 0.344 e. The molecule has 1 heterocycles. The summed E-state index contributed by atoms with van der Waals surface area (Å²) < 4.78 is 24.2. The topological polar surface area (TPSA) is 77.0 Å². The molecule has 9 heteroatoms. The number of amidine groups is 1. The Morgan fingerprint density at radius 3 is 2.76 bits per heavy atom. The Morgan fingerprint density at radius 1 is 1.28 bits per heavy atom. The Kier molecular flexibility index (Phi) is 7.05. The van der Waals surface area contributed by atoms with Gasteiger partial charge in [-0.05, 0) is 67.2 Å². The van der Waals surface area contributed by atoms with E-state index in [-0.39, 0.29) is 24.9 Å². The van der Waals surface area contributed by atoms with Crippen molar-refractivity contribution in [3.8, 4) is 5.75 Å². The van der Waals surface area contributed by atoms with E-state index in [9.17, 15) is 14.0 Å². The molecule has 1 aliphatic rings. The molecule has 0 atom stereocenters. The van der Waals surface area contributed by atoms with Gasteiger partial charge in [0.2, 0.25) is 0 Å². The second kappa shape index (κ2) is 9.71. The molecule has 2 aromatic rings. The van der Waals surface area contributed by atoms with Gasteiger partial charge < -0.3 is 14.8 Å². The summed E-state index contributed by atoms with van der Waals surface area (Å²) in [5.74, 6) is -0.711. The van der Waals surface area contributed by atoms with Crippen LogP contribution >= 0.6 is 27.7 Å². The number of ether oxygens (including phenoxy) is 2. The average molecular weight is 479 g/mol. The molecule has 1 amide bonds. The molecule has 1 fully saturated rings. The molecule has 1 aliphatic heterocycles. The summed E-state index contributed by atoms with van der Waals surface area (Å²) in [6, 6.07) is 10.9. The first-order valence-corrected chi connectivity index (χ1v) is 10.2. The summed E-state index contributed by atoms with van der Waals surface area (Å²) in [5.41, 5.74) is 1.14. The monoisotopic (exact) mass is 478 g/mol. The van der Waals surface area contributed by atoms with Crippen LogP contribution in [0.4, 0.5) is 10.1 Å². The quantitative estimate of drug-likeness (QED) is 0.491. The first-order valence-electron chi connectivity index (χ1n) is 8.57. The Morgan fingerprint density at radius 2 is 2.03 bits per heavy atom. The number of hydrogen-bond acceptors (Lipinski definition) is 6. The van der Waals surface area contributed by atoms with Crippen molar-refractivity contribution in [3.63, 3.8) is 0 Å². The van der Waals surface area contributed by atoms with E-state index in [4.69, 9.17) is 9.47 Å². The van der Waals surface area contributed by atoms with Crippen molar-refractivity contribution < 1.29 is 23.5 Å². The smallest absolute Gasteiger partial charge is 0.344 e. The average Bonchev–Trinajstić information content (AvgIpc) is 3.02. The predicted octanol–water partition coefficient (Wildman–Crippen LogP) is 4.42. The van der Waals surface area contributed by atoms with Crippen molar-refractivity contribution in [1.82, 2.24) is 5.32 Å². The van der Waals surface area contributed by atoms with Crippen LogP contribution in [-0.4, -0.2) is 30.3 Å². The SMILES string of the molecule is CCOC(=O)COc1ccc(Br)cc1C=C1SC(=Nc2ccc(F)cc2)NC1=O. The number of carbonyl (C=O) groups excluding carboxylic acids is 2. The Hall–Kier alpha value is -2.65. The number of esters is 1. The van der Waals surface area contributed by atoms with E-state index in [1.165, 1.54) is 24.3 Å². The molecule has 0 aromatic heterocycles. The van der Waals surface area contributed by atoms with Gasteiger partial charge in [-0.25, -0.2) is 14.2 Å². The van der Waals surface area contributed by atoms with Crippen molar-refractivity contribution in [3.05, 3.63) is 63.2 Å². The first kappa shape index (κ1) is 21.1. The van der Waals surface area contributed by atoms with Crippen LogP contribution in [0.5, 0.6) is 5.75 Å². The van der Waals surface area contributed by atoms with Gasteiger partial charge in [0.15, 0.2) is 11.8 Å². The molecule has 2 aromatic carbocycles. The van der Waals surface area contributed by atoms with Crippen molar-refractivity contribution in [2.45, 2.75) is 6.92 Å². The lowest BCUT2D eigenvalue weighted by atomic mass is 10.2. The Labute approximate surface area is 179 Å². The summed E-state index contributed by atoms with van der Waals surface area (Å²) in [4.78, 5) is 28.6. The van der Waals surface area contributed by atoms with E-state index in [2.05, 4.69) is 26.2 Å². The molecular weight excluding hydrogens is 463 g/mol. The molecule has 29 heavy (non-hydrogen) atoms. The molecule has 0 spiro atoms. The van der Waals surface area contributed by atoms with Crippen LogP contribution in [0.2, 0.25) is 0 Å². The van der Waals surface area contributed by atoms with Crippen molar-refractivity contribution >= 4 is 56.5 Å². The van der Waals surface area contributed by atoms with Crippen molar-refractivity contribution in [1.29, 1.82) is 0 Å². The van der Waals surface area contributed by atoms with Gasteiger partial charge in [-0.3, -0.25) is 4.79 Å². The highest BCUT2D eigenvalue weighted by Crippen LogP contribution is 2.32. The molecule has 0 radical (unpaired) electrons. The van der Waals surface area contributed by atoms with Crippen LogP contribution in [0.3, 0.4) is 0 Å². The van der Waals surface area contributed by atoms with Crippen LogP contribution in [0, 0.1) is 5.82 Å². The second-order valence-electron chi connectivity index (χ2n) is 5.73. The van der Waals surface area contributed by atoms with Crippen LogP contribution in [-0.2, 0) is 14.3 Å². The number of thioether (sulfide) groups is 1. The lowest BCUT2D eigenvalue weighted by Crippen LogP contribution is -2.19. The maximum atomic E-state index is 13.0. The Balaban J connectivity index is 1.80. The molecule has 0 unspecified atom stereocenters. The number of nitrogens with one attached hydrogen (secondary N) is 1. The molecule has 0 saturated carbocycles. The van der Waals surface area contributed by atoms with Gasteiger partial charge in [0.25, 0.3) is 5.91 Å². The largest absolute Gasteiger partial charge is 0.481 e. The maximum absolute atomic E-state index is 13.0. The van der Waals surface area contributed by atoms with E-state index in [0.29, 0.717) is 27.1 Å². The van der Waals surface area contributed by atoms with E-state index >= 15 is 0 Å². The minimum atomic E-state index is -0.476. The normalized spacial score (nSPS) is 16.2. The van der Waals surface area contributed by atoms with Crippen LogP contribution < -0.4 is 10.1 Å². The molecular formula is C20H16BrFN2O4S. The fourth-order valence-electron chi connectivity index (χ4n) is 2.36. The third kappa shape index (κ3) is 5.91. The zero-order chi connectivity index (χ0) is 20.8. The number of carbonyl (C=O) groups is 2. The molecule has 0 aliphatic carbocycles. The summed E-state index contributed by atoms with van der Waals surface area (Å²) in [6.45, 7) is 1.75. The minimum absolute atomic E-state index is 0.234. The number of rotatable bonds is 6. The third-order valence-corrected chi connectivity index (χ3v) is 5.02. The molecule has 150 valence electrons. The predicted molar refractivity (Wildman–Crippen MR) is 113 cm³/mol. The summed E-state index contributed by atoms with van der Waals surface area (Å²) >= 11 is 4.54. The zero-order valence-corrected chi connectivity index (χ0v) is 17.7. The number of amides is 1. The molecule has 3 rings (SSSR count). The molecule has 0 bridgehead atoms. The van der Waals surface area contributed by atoms with Crippen LogP contribution in [0.25, 0.3) is 6.08 Å². The van der Waals surface area contributed by atoms with Crippen molar-refractivity contribution in [2.75, 3.05) is 13.2 Å². The minimum Gasteiger partial charge on any atom is -0.481 e. The second-order valence-corrected chi connectivity index (χ2v) is 7.68. The van der Waals surface area contributed by atoms with E-state index in [0.717, 1.165) is 16.2 Å². The molecule has 1 N–H and O–H groups in total. The van der Waals surface area contributed by atoms with Gasteiger partial charge in [-0.1, -0.05) is 15.9 Å². The highest BCUT2D eigenvalue weighted by Gasteiger charge is 2.24. The van der Waals surface area contributed by atoms with Gasteiger partial charge >= 0.3 is 5.97 Å². The summed E-state index contributed by atoms with van der Waals surface area (Å²) in [7, 11) is 0.